The fraction of sp³-hybridized carbons (Fsp3) is 0.357. The normalized spacial score (nSPS) is 20.8. The number of aromatic nitrogens is 6. The van der Waals surface area contributed by atoms with Crippen LogP contribution in [0.3, 0.4) is 0 Å². The molecule has 20 nitrogen and oxygen atoms in total. The first-order valence-corrected chi connectivity index (χ1v) is 29.8. The van der Waals surface area contributed by atoms with Crippen molar-refractivity contribution >= 4 is 50.1 Å². The van der Waals surface area contributed by atoms with E-state index in [0.29, 0.717) is 97.9 Å². The highest BCUT2D eigenvalue weighted by Crippen LogP contribution is 2.50. The number of carbonyl (C=O) groups excluding carboxylic acids is 3. The first-order valence-electron chi connectivity index (χ1n) is 29.8. The van der Waals surface area contributed by atoms with Gasteiger partial charge in [-0.05, 0) is 92.1 Å². The molecule has 22 heteroatoms. The van der Waals surface area contributed by atoms with Gasteiger partial charge in [-0.25, -0.2) is 23.7 Å². The van der Waals surface area contributed by atoms with Crippen molar-refractivity contribution in [1.29, 1.82) is 0 Å². The number of hydrogen-bond donors (Lipinski definition) is 3. The van der Waals surface area contributed by atoms with Crippen molar-refractivity contribution in [2.75, 3.05) is 20.2 Å². The van der Waals surface area contributed by atoms with Crippen LogP contribution in [0.5, 0.6) is 23.0 Å². The van der Waals surface area contributed by atoms with Gasteiger partial charge < -0.3 is 52.7 Å². The number of pyridine rings is 6. The van der Waals surface area contributed by atoms with Crippen molar-refractivity contribution in [3.8, 4) is 57.2 Å². The second kappa shape index (κ2) is 21.6. The maximum absolute atomic E-state index is 13.7. The third-order valence-electron chi connectivity index (χ3n) is 19.8. The first-order chi connectivity index (χ1) is 42.8. The average Bonchev–Trinajstić information content (AvgIpc) is 1.56. The van der Waals surface area contributed by atoms with Crippen LogP contribution in [-0.4, -0.2) is 81.5 Å². The number of ketones is 3. The van der Waals surface area contributed by atoms with Crippen LogP contribution in [0, 0.1) is 11.6 Å². The summed E-state index contributed by atoms with van der Waals surface area (Å²) in [7, 11) is 0. The van der Waals surface area contributed by atoms with Gasteiger partial charge in [0, 0.05) is 97.3 Å². The van der Waals surface area contributed by atoms with Gasteiger partial charge in [-0.3, -0.25) is 28.8 Å². The molecule has 3 atom stereocenters. The molecule has 0 bridgehead atoms. The van der Waals surface area contributed by atoms with E-state index in [9.17, 15) is 52.9 Å². The second-order valence-corrected chi connectivity index (χ2v) is 24.2. The van der Waals surface area contributed by atoms with E-state index in [1.807, 2.05) is 36.4 Å². The lowest BCUT2D eigenvalue weighted by Gasteiger charge is -2.29. The van der Waals surface area contributed by atoms with Crippen molar-refractivity contribution in [2.24, 2.45) is 0 Å². The summed E-state index contributed by atoms with van der Waals surface area (Å²) in [4.78, 5) is 91.2. The third kappa shape index (κ3) is 8.62. The Hall–Kier alpha value is -9.35. The van der Waals surface area contributed by atoms with Gasteiger partial charge in [0.15, 0.2) is 57.6 Å². The van der Waals surface area contributed by atoms with Crippen molar-refractivity contribution in [3.05, 3.63) is 165 Å². The van der Waals surface area contributed by atoms with Crippen LogP contribution in [0.25, 0.3) is 66.9 Å². The molecule has 9 aliphatic rings. The van der Waals surface area contributed by atoms with E-state index < -0.39 is 34.2 Å². The van der Waals surface area contributed by atoms with Gasteiger partial charge in [0.05, 0.1) is 77.0 Å². The summed E-state index contributed by atoms with van der Waals surface area (Å²) in [5, 5.41) is 35.3. The Kier molecular flexibility index (Phi) is 14.5. The van der Waals surface area contributed by atoms with Crippen LogP contribution in [0.15, 0.2) is 81.1 Å². The van der Waals surface area contributed by atoms with E-state index in [4.69, 9.17) is 33.7 Å². The summed E-state index contributed by atoms with van der Waals surface area (Å²) in [5.74, 6) is 0.0795. The summed E-state index contributed by atoms with van der Waals surface area (Å²) < 4.78 is 59.5. The fourth-order valence-corrected chi connectivity index (χ4v) is 14.6. The van der Waals surface area contributed by atoms with Gasteiger partial charge in [-0.15, -0.1) is 0 Å². The summed E-state index contributed by atoms with van der Waals surface area (Å²) >= 11 is 0. The molecule has 3 aromatic carbocycles. The molecular formula is C70H66F2N6O14. The molecule has 6 aromatic heterocycles. The molecule has 9 aromatic rings. The zero-order valence-corrected chi connectivity index (χ0v) is 48.3. The molecule has 12 heterocycles. The molecule has 0 unspecified atom stereocenters. The van der Waals surface area contributed by atoms with E-state index >= 15 is 0 Å². The molecule has 18 rings (SSSR count). The summed E-state index contributed by atoms with van der Waals surface area (Å²) in [6, 6.07) is 18.6. The number of aliphatic hydroxyl groups is 3. The number of hydrogen-bond acceptors (Lipinski definition) is 17. The minimum Gasteiger partial charge on any atom is -0.454 e. The molecule has 0 spiro atoms. The van der Waals surface area contributed by atoms with Gasteiger partial charge in [0.1, 0.15) is 17.8 Å². The highest BCUT2D eigenvalue weighted by atomic mass is 19.2. The molecule has 92 heavy (non-hydrogen) atoms. The van der Waals surface area contributed by atoms with Crippen LogP contribution in [0.4, 0.5) is 8.78 Å². The minimum absolute atomic E-state index is 0. The molecular weight excluding hydrogens is 1190 g/mol. The minimum atomic E-state index is -1.82. The van der Waals surface area contributed by atoms with Crippen LogP contribution in [0.2, 0.25) is 0 Å². The Morgan fingerprint density at radius 1 is 0.489 bits per heavy atom. The topological polar surface area (TPSA) is 263 Å². The Bertz CT molecular complexity index is 5000. The van der Waals surface area contributed by atoms with E-state index in [0.717, 1.165) is 69.4 Å². The Morgan fingerprint density at radius 3 is 1.46 bits per heavy atom. The van der Waals surface area contributed by atoms with Crippen LogP contribution >= 0.6 is 0 Å². The molecule has 1 fully saturated rings. The second-order valence-electron chi connectivity index (χ2n) is 24.2. The zero-order valence-electron chi connectivity index (χ0n) is 48.3. The van der Waals surface area contributed by atoms with Crippen molar-refractivity contribution in [1.82, 2.24) is 28.7 Å². The van der Waals surface area contributed by atoms with Crippen LogP contribution in [-0.2, 0) is 75.0 Å². The predicted molar refractivity (Wildman–Crippen MR) is 335 cm³/mol. The number of fused-ring (bicyclic) bond motifs is 17. The van der Waals surface area contributed by atoms with Crippen molar-refractivity contribution in [3.63, 3.8) is 0 Å². The maximum Gasteiger partial charge on any atom is 0.257 e. The lowest BCUT2D eigenvalue weighted by atomic mass is 9.76. The van der Waals surface area contributed by atoms with Gasteiger partial charge in [-0.2, -0.15) is 0 Å². The highest BCUT2D eigenvalue weighted by molar-refractivity contribution is 5.98. The highest BCUT2D eigenvalue weighted by Gasteiger charge is 2.49. The largest absolute Gasteiger partial charge is 0.454 e. The maximum atomic E-state index is 13.7. The van der Waals surface area contributed by atoms with Crippen molar-refractivity contribution < 1.29 is 62.2 Å². The molecule has 0 radical (unpaired) electrons. The number of benzene rings is 3. The Morgan fingerprint density at radius 2 is 0.924 bits per heavy atom. The van der Waals surface area contributed by atoms with Gasteiger partial charge in [-0.1, -0.05) is 49.5 Å². The molecule has 474 valence electrons. The van der Waals surface area contributed by atoms with Crippen LogP contribution < -0.4 is 35.6 Å². The zero-order chi connectivity index (χ0) is 61.5. The first kappa shape index (κ1) is 61.5. The SMILES string of the molecule is C.C.C.CC[C@@]1(O)C(=O)COCc2c1cc1n(c2=O)Cc2cc3cc(F)c(F)cc3nc2-1.CC[C@@]1(O)C(=O)Cc2c1cc1n(c2=O)Cc2c-1nc1cc3c(cc1c2C1CCC1)OCO3.CC[C@@]1(O)C(=O)Cc2c1cc1n(c2=O)Cc2cc3cc4c(cc3nc2-1)OCO4. The average molecular weight is 1250 g/mol. The van der Waals surface area contributed by atoms with Crippen molar-refractivity contribution in [2.45, 2.75) is 143 Å². The number of halogens is 2. The van der Waals surface area contributed by atoms with E-state index in [-0.39, 0.29) is 133 Å². The monoisotopic (exact) mass is 1250 g/mol. The van der Waals surface area contributed by atoms with E-state index in [1.165, 1.54) is 16.6 Å². The van der Waals surface area contributed by atoms with Gasteiger partial charge in [0.2, 0.25) is 13.6 Å². The molecule has 6 aliphatic heterocycles. The molecule has 0 saturated heterocycles. The lowest BCUT2D eigenvalue weighted by Crippen LogP contribution is -2.38. The van der Waals surface area contributed by atoms with E-state index in [1.54, 1.807) is 48.1 Å². The number of rotatable bonds is 4. The lowest BCUT2D eigenvalue weighted by molar-refractivity contribution is -0.142. The smallest absolute Gasteiger partial charge is 0.257 e. The summed E-state index contributed by atoms with van der Waals surface area (Å²) in [5.41, 5.74) is 5.78. The molecule has 1 saturated carbocycles. The number of ether oxygens (including phenoxy) is 5. The quantitative estimate of drug-likeness (QED) is 0.148. The standard InChI is InChI=1S/C25H22N2O5.C21H16F2N2O4.C21H16N2O5.3CH4/c1-2-25(30)16-8-18-23-15(10-27(18)24(29)13(16)7-21(25)28)22(12-4-3-5-12)14-6-19-20(32-11-31-19)9-17(14)26-23;1-2-21(28)13-5-17-19-11(3-10-4-14(22)15(23)6-16(10)24-19)7-25(17)20(27)12(13)8-29-9-18(21)26;1-2-21(26)13-6-15-19-11(8-23(15)20(25)12(13)5-18(21)24)3-10-4-16-17(28-9-27-16)7-14(10)22-19;;;/h6,8-9,12,30H,2-5,7,10-11H2,1H3;3-6,28H,2,7-9H2,1H3;3-4,6-7,26H,2,5,8-9H2,1H3;3*1H4/t25-;2*21-;;;/m000.../s1. The number of carbonyl (C=O) groups is 3. The molecule has 3 aliphatic carbocycles. The van der Waals surface area contributed by atoms with Gasteiger partial charge >= 0.3 is 0 Å². The van der Waals surface area contributed by atoms with Crippen LogP contribution in [0.1, 0.15) is 143 Å². The fourth-order valence-electron chi connectivity index (χ4n) is 14.6. The Balaban J connectivity index is 0.000000124. The number of Topliss-reactive ketones (excluding diaryl/α,β-unsaturated/α-hetero) is 3. The molecule has 3 N–H and O–H groups in total. The van der Waals surface area contributed by atoms with E-state index in [2.05, 4.69) is 4.98 Å². The van der Waals surface area contributed by atoms with Gasteiger partial charge in [0.25, 0.3) is 16.7 Å². The molecule has 0 amide bonds. The Labute approximate surface area is 524 Å². The predicted octanol–water partition coefficient (Wildman–Crippen LogP) is 9.33. The summed E-state index contributed by atoms with van der Waals surface area (Å²) in [6.07, 6.45) is 3.97. The summed E-state index contributed by atoms with van der Waals surface area (Å²) in [6.45, 7) is 6.27. The third-order valence-corrected chi connectivity index (χ3v) is 19.8. The number of nitrogens with zero attached hydrogens (tertiary/aromatic N) is 6.